The topological polar surface area (TPSA) is 54.9 Å². The molecule has 0 fully saturated rings. The summed E-state index contributed by atoms with van der Waals surface area (Å²) in [7, 11) is -0.834. The molecule has 15 heavy (non-hydrogen) atoms. The van der Waals surface area contributed by atoms with E-state index in [9.17, 15) is 4.21 Å². The molecule has 1 aromatic heterocycles. The number of anilines is 1. The van der Waals surface area contributed by atoms with E-state index in [-0.39, 0.29) is 10.5 Å². The van der Waals surface area contributed by atoms with Crippen molar-refractivity contribution in [2.75, 3.05) is 18.1 Å². The molecule has 0 aliphatic rings. The first-order chi connectivity index (χ1) is 6.99. The Bertz CT molecular complexity index is 352. The standard InChI is InChI=1S/C9H14ClN3OS/c1-6-4-8(13-9(10)12-6)11-5-7(2)15(3)14/h4,7H,5H2,1-3H3,(H,11,12,13). The Balaban J connectivity index is 2.61. The maximum absolute atomic E-state index is 11.1. The number of halogens is 1. The predicted molar refractivity (Wildman–Crippen MR) is 63.8 cm³/mol. The maximum Gasteiger partial charge on any atom is 0.224 e. The van der Waals surface area contributed by atoms with Gasteiger partial charge in [0.15, 0.2) is 0 Å². The lowest BCUT2D eigenvalue weighted by molar-refractivity contribution is 0.679. The lowest BCUT2D eigenvalue weighted by Gasteiger charge is -2.10. The van der Waals surface area contributed by atoms with Crippen LogP contribution in [0.1, 0.15) is 12.6 Å². The Morgan fingerprint density at radius 2 is 2.27 bits per heavy atom. The number of nitrogens with zero attached hydrogens (tertiary/aromatic N) is 2. The van der Waals surface area contributed by atoms with Gasteiger partial charge in [-0.25, -0.2) is 9.97 Å². The normalized spacial score (nSPS) is 14.7. The van der Waals surface area contributed by atoms with Gasteiger partial charge in [-0.3, -0.25) is 4.21 Å². The van der Waals surface area contributed by atoms with Gasteiger partial charge in [-0.1, -0.05) is 0 Å². The van der Waals surface area contributed by atoms with Crippen molar-refractivity contribution in [1.29, 1.82) is 0 Å². The molecular weight excluding hydrogens is 234 g/mol. The Kier molecular flexibility index (Phi) is 4.47. The van der Waals surface area contributed by atoms with E-state index < -0.39 is 10.8 Å². The van der Waals surface area contributed by atoms with Gasteiger partial charge in [0.1, 0.15) is 5.82 Å². The number of rotatable bonds is 4. The van der Waals surface area contributed by atoms with E-state index in [2.05, 4.69) is 15.3 Å². The number of hydrogen-bond acceptors (Lipinski definition) is 4. The molecule has 1 aromatic rings. The van der Waals surface area contributed by atoms with E-state index in [0.29, 0.717) is 12.4 Å². The maximum atomic E-state index is 11.1. The molecule has 0 saturated carbocycles. The second-order valence-electron chi connectivity index (χ2n) is 3.35. The molecule has 0 saturated heterocycles. The molecule has 1 rings (SSSR count). The van der Waals surface area contributed by atoms with Crippen LogP contribution in [0.5, 0.6) is 0 Å². The van der Waals surface area contributed by atoms with Crippen molar-refractivity contribution in [3.05, 3.63) is 17.0 Å². The molecule has 2 unspecified atom stereocenters. The van der Waals surface area contributed by atoms with Crippen LogP contribution in [0.3, 0.4) is 0 Å². The summed E-state index contributed by atoms with van der Waals surface area (Å²) in [6.45, 7) is 4.37. The van der Waals surface area contributed by atoms with E-state index in [4.69, 9.17) is 11.6 Å². The van der Waals surface area contributed by atoms with Gasteiger partial charge < -0.3 is 5.32 Å². The third kappa shape index (κ3) is 4.13. The fourth-order valence-corrected chi connectivity index (χ4v) is 1.53. The quantitative estimate of drug-likeness (QED) is 0.822. The van der Waals surface area contributed by atoms with Crippen molar-refractivity contribution < 1.29 is 4.21 Å². The van der Waals surface area contributed by atoms with Crippen LogP contribution in [0, 0.1) is 6.92 Å². The van der Waals surface area contributed by atoms with Crippen LogP contribution in [0.25, 0.3) is 0 Å². The summed E-state index contributed by atoms with van der Waals surface area (Å²) >= 11 is 5.71. The molecular formula is C9H14ClN3OS. The summed E-state index contributed by atoms with van der Waals surface area (Å²) in [6, 6.07) is 1.80. The Morgan fingerprint density at radius 3 is 2.80 bits per heavy atom. The number of aryl methyl sites for hydroxylation is 1. The van der Waals surface area contributed by atoms with E-state index in [1.54, 1.807) is 12.3 Å². The number of nitrogens with one attached hydrogen (secondary N) is 1. The highest BCUT2D eigenvalue weighted by molar-refractivity contribution is 7.84. The molecule has 0 amide bonds. The summed E-state index contributed by atoms with van der Waals surface area (Å²) in [5, 5.41) is 3.39. The summed E-state index contributed by atoms with van der Waals surface area (Å²) in [4.78, 5) is 7.96. The minimum absolute atomic E-state index is 0.0825. The average Bonchev–Trinajstić information content (AvgIpc) is 2.12. The van der Waals surface area contributed by atoms with Gasteiger partial charge in [-0.05, 0) is 25.4 Å². The Labute approximate surface area is 96.9 Å². The van der Waals surface area contributed by atoms with Crippen LogP contribution < -0.4 is 5.32 Å². The van der Waals surface area contributed by atoms with E-state index >= 15 is 0 Å². The Hall–Kier alpha value is -0.680. The van der Waals surface area contributed by atoms with Gasteiger partial charge in [0, 0.05) is 40.6 Å². The first kappa shape index (κ1) is 12.4. The highest BCUT2D eigenvalue weighted by Crippen LogP contribution is 2.09. The number of aromatic nitrogens is 2. The zero-order valence-electron chi connectivity index (χ0n) is 8.95. The van der Waals surface area contributed by atoms with Crippen molar-refractivity contribution in [2.24, 2.45) is 0 Å². The minimum Gasteiger partial charge on any atom is -0.369 e. The molecule has 0 aliphatic carbocycles. The fourth-order valence-electron chi connectivity index (χ4n) is 0.989. The molecule has 0 spiro atoms. The van der Waals surface area contributed by atoms with Crippen molar-refractivity contribution >= 4 is 28.2 Å². The van der Waals surface area contributed by atoms with Gasteiger partial charge in [-0.15, -0.1) is 0 Å². The summed E-state index contributed by atoms with van der Waals surface area (Å²) in [6.07, 6.45) is 1.69. The largest absolute Gasteiger partial charge is 0.369 e. The zero-order valence-corrected chi connectivity index (χ0v) is 10.5. The van der Waals surface area contributed by atoms with E-state index in [1.807, 2.05) is 13.8 Å². The fraction of sp³-hybridized carbons (Fsp3) is 0.556. The molecule has 1 heterocycles. The van der Waals surface area contributed by atoms with Gasteiger partial charge in [0.25, 0.3) is 0 Å². The molecule has 1 N–H and O–H groups in total. The first-order valence-corrected chi connectivity index (χ1v) is 6.56. The highest BCUT2D eigenvalue weighted by Gasteiger charge is 2.06. The molecule has 6 heteroatoms. The van der Waals surface area contributed by atoms with Crippen LogP contribution in [0.4, 0.5) is 5.82 Å². The second kappa shape index (κ2) is 5.42. The molecule has 0 aromatic carbocycles. The van der Waals surface area contributed by atoms with Gasteiger partial charge in [0.2, 0.25) is 5.28 Å². The summed E-state index contributed by atoms with van der Waals surface area (Å²) in [5.74, 6) is 0.671. The van der Waals surface area contributed by atoms with Crippen LogP contribution >= 0.6 is 11.6 Å². The average molecular weight is 248 g/mol. The van der Waals surface area contributed by atoms with E-state index in [0.717, 1.165) is 5.69 Å². The number of hydrogen-bond donors (Lipinski definition) is 1. The second-order valence-corrected chi connectivity index (χ2v) is 5.49. The van der Waals surface area contributed by atoms with Crippen molar-refractivity contribution in [2.45, 2.75) is 19.1 Å². The lowest BCUT2D eigenvalue weighted by Crippen LogP contribution is -2.21. The molecule has 0 radical (unpaired) electrons. The molecule has 2 atom stereocenters. The predicted octanol–water partition coefficient (Wildman–Crippen LogP) is 1.62. The van der Waals surface area contributed by atoms with Crippen LogP contribution in [-0.2, 0) is 10.8 Å². The SMILES string of the molecule is Cc1cc(NCC(C)S(C)=O)nc(Cl)n1. The highest BCUT2D eigenvalue weighted by atomic mass is 35.5. The molecule has 0 bridgehead atoms. The van der Waals surface area contributed by atoms with E-state index in [1.165, 1.54) is 0 Å². The molecule has 0 aliphatic heterocycles. The first-order valence-electron chi connectivity index (χ1n) is 4.56. The van der Waals surface area contributed by atoms with Gasteiger partial charge in [-0.2, -0.15) is 0 Å². The smallest absolute Gasteiger partial charge is 0.224 e. The minimum atomic E-state index is -0.834. The summed E-state index contributed by atoms with van der Waals surface area (Å²) in [5.41, 5.74) is 0.808. The third-order valence-electron chi connectivity index (χ3n) is 1.96. The van der Waals surface area contributed by atoms with Gasteiger partial charge >= 0.3 is 0 Å². The third-order valence-corrected chi connectivity index (χ3v) is 3.43. The van der Waals surface area contributed by atoms with Crippen LogP contribution in [0.2, 0.25) is 5.28 Å². The van der Waals surface area contributed by atoms with Crippen LogP contribution in [0.15, 0.2) is 6.07 Å². The van der Waals surface area contributed by atoms with Crippen molar-refractivity contribution in [1.82, 2.24) is 9.97 Å². The monoisotopic (exact) mass is 247 g/mol. The van der Waals surface area contributed by atoms with Crippen molar-refractivity contribution in [3.63, 3.8) is 0 Å². The van der Waals surface area contributed by atoms with Gasteiger partial charge in [0.05, 0.1) is 0 Å². The molecule has 4 nitrogen and oxygen atoms in total. The van der Waals surface area contributed by atoms with Crippen molar-refractivity contribution in [3.8, 4) is 0 Å². The Morgan fingerprint density at radius 1 is 1.60 bits per heavy atom. The van der Waals surface area contributed by atoms with Crippen LogP contribution in [-0.4, -0.2) is 32.2 Å². The lowest BCUT2D eigenvalue weighted by atomic mass is 10.4. The summed E-state index contributed by atoms with van der Waals surface area (Å²) < 4.78 is 11.1. The zero-order chi connectivity index (χ0) is 11.4. The molecule has 84 valence electrons.